The number of carbonyl (C=O) groups is 1. The van der Waals surface area contributed by atoms with Crippen LogP contribution in [-0.2, 0) is 17.5 Å². The van der Waals surface area contributed by atoms with Gasteiger partial charge in [0.05, 0.1) is 24.3 Å². The minimum Gasteiger partial charge on any atom is -0.444 e. The highest BCUT2D eigenvalue weighted by molar-refractivity contribution is 5.72. The molecule has 0 saturated carbocycles. The largest absolute Gasteiger partial charge is 0.444 e. The van der Waals surface area contributed by atoms with Crippen LogP contribution in [0.25, 0.3) is 11.3 Å². The van der Waals surface area contributed by atoms with E-state index in [-0.39, 0.29) is 41.3 Å². The smallest absolute Gasteiger partial charge is 0.419 e. The number of hydrogen-bond donors (Lipinski definition) is 1. The zero-order valence-corrected chi connectivity index (χ0v) is 22.5. The minimum atomic E-state index is -4.81. The molecule has 13 heteroatoms. The molecule has 0 atom stereocenters. The Balaban J connectivity index is 1.51. The highest BCUT2D eigenvalue weighted by Crippen LogP contribution is 2.34. The van der Waals surface area contributed by atoms with Gasteiger partial charge in [-0.3, -0.25) is 4.68 Å². The maximum atomic E-state index is 14.5. The van der Waals surface area contributed by atoms with E-state index in [0.29, 0.717) is 50.4 Å². The van der Waals surface area contributed by atoms with Crippen molar-refractivity contribution in [2.24, 2.45) is 0 Å². The number of alkyl halides is 3. The third kappa shape index (κ3) is 6.38. The fraction of sp³-hybridized carbons (Fsp3) is 0.481. The number of halogens is 4. The van der Waals surface area contributed by atoms with E-state index >= 15 is 0 Å². The van der Waals surface area contributed by atoms with Crippen molar-refractivity contribution >= 4 is 11.9 Å². The van der Waals surface area contributed by atoms with E-state index in [4.69, 9.17) is 10.5 Å². The van der Waals surface area contributed by atoms with E-state index in [1.807, 2.05) is 20.8 Å². The maximum absolute atomic E-state index is 14.5. The molecule has 214 valence electrons. The van der Waals surface area contributed by atoms with Crippen molar-refractivity contribution < 1.29 is 27.1 Å². The van der Waals surface area contributed by atoms with Gasteiger partial charge in [-0.05, 0) is 52.5 Å². The lowest BCUT2D eigenvalue weighted by atomic mass is 10.0. The molecule has 3 heterocycles. The van der Waals surface area contributed by atoms with Gasteiger partial charge >= 0.3 is 12.3 Å². The Morgan fingerprint density at radius 3 is 2.48 bits per heavy atom. The Morgan fingerprint density at radius 1 is 1.20 bits per heavy atom. The number of anilines is 1. The van der Waals surface area contributed by atoms with E-state index in [2.05, 4.69) is 16.3 Å². The summed E-state index contributed by atoms with van der Waals surface area (Å²) in [4.78, 5) is 14.2. The molecule has 0 aliphatic carbocycles. The summed E-state index contributed by atoms with van der Waals surface area (Å²) in [6.07, 6.45) is 0.445. The molecule has 1 aliphatic rings. The molecule has 4 rings (SSSR count). The number of nitriles is 1. The molecule has 0 spiro atoms. The molecule has 1 amide bonds. The van der Waals surface area contributed by atoms with Crippen LogP contribution in [0.15, 0.2) is 30.6 Å². The molecule has 0 unspecified atom stereocenters. The van der Waals surface area contributed by atoms with Crippen molar-refractivity contribution in [3.63, 3.8) is 0 Å². The number of nitrogen functional groups attached to an aromatic ring is 1. The summed E-state index contributed by atoms with van der Waals surface area (Å²) >= 11 is 0. The summed E-state index contributed by atoms with van der Waals surface area (Å²) in [5, 5.41) is 18.6. The summed E-state index contributed by atoms with van der Waals surface area (Å²) in [7, 11) is 0. The SMILES string of the molecule is CC(C)(C)OC(=O)N1CCCC(n2nc(-c3cnn(Cc4cccc(C(F)(F)F)c4F)c3)c(C#N)c2N)CCC1. The Bertz CT molecular complexity index is 1410. The predicted octanol–water partition coefficient (Wildman–Crippen LogP) is 5.76. The lowest BCUT2D eigenvalue weighted by molar-refractivity contribution is -0.140. The first-order chi connectivity index (χ1) is 18.8. The third-order valence-electron chi connectivity index (χ3n) is 6.61. The van der Waals surface area contributed by atoms with Gasteiger partial charge < -0.3 is 15.4 Å². The summed E-state index contributed by atoms with van der Waals surface area (Å²) < 4.78 is 62.2. The summed E-state index contributed by atoms with van der Waals surface area (Å²) in [6, 6.07) is 5.08. The van der Waals surface area contributed by atoms with Gasteiger partial charge in [-0.15, -0.1) is 0 Å². The molecule has 0 bridgehead atoms. The molecule has 2 N–H and O–H groups in total. The Kier molecular flexibility index (Phi) is 8.09. The summed E-state index contributed by atoms with van der Waals surface area (Å²) in [5.74, 6) is -1.16. The minimum absolute atomic E-state index is 0.101. The van der Waals surface area contributed by atoms with E-state index in [1.54, 1.807) is 9.58 Å². The van der Waals surface area contributed by atoms with Crippen LogP contribution in [0.1, 0.15) is 69.2 Å². The molecule has 1 aromatic carbocycles. The molecular formula is C27H31F4N7O2. The summed E-state index contributed by atoms with van der Waals surface area (Å²) in [6.45, 7) is 6.26. The number of carbonyl (C=O) groups excluding carboxylic acids is 1. The van der Waals surface area contributed by atoms with Gasteiger partial charge in [-0.1, -0.05) is 12.1 Å². The predicted molar refractivity (Wildman–Crippen MR) is 138 cm³/mol. The van der Waals surface area contributed by atoms with Crippen molar-refractivity contribution in [2.75, 3.05) is 18.8 Å². The zero-order valence-electron chi connectivity index (χ0n) is 22.5. The lowest BCUT2D eigenvalue weighted by Crippen LogP contribution is -2.39. The monoisotopic (exact) mass is 561 g/mol. The van der Waals surface area contributed by atoms with Crippen LogP contribution < -0.4 is 5.73 Å². The van der Waals surface area contributed by atoms with Crippen LogP contribution in [0.2, 0.25) is 0 Å². The molecule has 1 fully saturated rings. The van der Waals surface area contributed by atoms with Crippen molar-refractivity contribution in [2.45, 2.75) is 70.8 Å². The first-order valence-corrected chi connectivity index (χ1v) is 12.9. The van der Waals surface area contributed by atoms with Crippen LogP contribution in [0.5, 0.6) is 0 Å². The molecular weight excluding hydrogens is 530 g/mol. The standard InChI is InChI=1S/C27H31F4N7O2/c1-26(2,3)40-25(39)36-11-5-8-19(9-6-12-36)38-24(33)20(13-32)23(35-38)18-14-34-37(16-18)15-17-7-4-10-21(22(17)28)27(29,30)31/h4,7,10,14,16,19H,5-6,8-9,11-12,15,33H2,1-3H3. The van der Waals surface area contributed by atoms with E-state index < -0.39 is 23.2 Å². The second-order valence-electron chi connectivity index (χ2n) is 10.8. The van der Waals surface area contributed by atoms with E-state index in [1.165, 1.54) is 23.1 Å². The Morgan fingerprint density at radius 2 is 1.88 bits per heavy atom. The maximum Gasteiger partial charge on any atom is 0.419 e. The van der Waals surface area contributed by atoms with Crippen molar-refractivity contribution in [1.82, 2.24) is 24.5 Å². The quantitative estimate of drug-likeness (QED) is 0.405. The Labute approximate surface area is 229 Å². The molecule has 3 aromatic rings. The van der Waals surface area contributed by atoms with Crippen LogP contribution in [0.4, 0.5) is 28.2 Å². The number of hydrogen-bond acceptors (Lipinski definition) is 6. The van der Waals surface area contributed by atoms with E-state index in [0.717, 1.165) is 6.07 Å². The first kappa shape index (κ1) is 28.9. The topological polar surface area (TPSA) is 115 Å². The van der Waals surface area contributed by atoms with Crippen molar-refractivity contribution in [3.8, 4) is 17.3 Å². The number of nitrogens with two attached hydrogens (primary N) is 1. The number of aromatic nitrogens is 4. The average Bonchev–Trinajstić information content (AvgIpc) is 3.42. The van der Waals surface area contributed by atoms with Crippen LogP contribution in [0, 0.1) is 17.1 Å². The van der Waals surface area contributed by atoms with Gasteiger partial charge in [0.15, 0.2) is 0 Å². The lowest BCUT2D eigenvalue weighted by Gasteiger charge is -2.30. The van der Waals surface area contributed by atoms with Gasteiger partial charge in [0, 0.05) is 30.4 Å². The zero-order chi connectivity index (χ0) is 29.2. The van der Waals surface area contributed by atoms with Crippen LogP contribution in [-0.4, -0.2) is 49.2 Å². The second kappa shape index (κ2) is 11.2. The second-order valence-corrected chi connectivity index (χ2v) is 10.8. The first-order valence-electron chi connectivity index (χ1n) is 12.9. The number of ether oxygens (including phenoxy) is 1. The van der Waals surface area contributed by atoms with Gasteiger partial charge in [-0.25, -0.2) is 13.9 Å². The fourth-order valence-corrected chi connectivity index (χ4v) is 4.75. The Hall–Kier alpha value is -4.08. The number of rotatable bonds is 4. The highest BCUT2D eigenvalue weighted by Gasteiger charge is 2.35. The third-order valence-corrected chi connectivity index (χ3v) is 6.61. The van der Waals surface area contributed by atoms with Crippen LogP contribution >= 0.6 is 0 Å². The number of amides is 1. The van der Waals surface area contributed by atoms with Crippen LogP contribution in [0.3, 0.4) is 0 Å². The fourth-order valence-electron chi connectivity index (χ4n) is 4.75. The van der Waals surface area contributed by atoms with Gasteiger partial charge in [0.2, 0.25) is 0 Å². The molecule has 2 aromatic heterocycles. The number of likely N-dealkylation sites (tertiary alicyclic amines) is 1. The summed E-state index contributed by atoms with van der Waals surface area (Å²) in [5.41, 5.74) is 5.10. The van der Waals surface area contributed by atoms with Crippen molar-refractivity contribution in [3.05, 3.63) is 53.1 Å². The molecule has 1 aliphatic heterocycles. The average molecular weight is 562 g/mol. The molecule has 1 saturated heterocycles. The number of benzene rings is 1. The van der Waals surface area contributed by atoms with Gasteiger partial charge in [-0.2, -0.15) is 28.6 Å². The van der Waals surface area contributed by atoms with Gasteiger partial charge in [0.25, 0.3) is 0 Å². The number of nitrogens with zero attached hydrogens (tertiary/aromatic N) is 6. The molecule has 9 nitrogen and oxygen atoms in total. The van der Waals surface area contributed by atoms with Crippen molar-refractivity contribution in [1.29, 1.82) is 5.26 Å². The van der Waals surface area contributed by atoms with Gasteiger partial charge in [0.1, 0.15) is 34.6 Å². The highest BCUT2D eigenvalue weighted by atomic mass is 19.4. The molecule has 40 heavy (non-hydrogen) atoms. The van der Waals surface area contributed by atoms with E-state index in [9.17, 15) is 27.6 Å². The normalized spacial score (nSPS) is 15.4. The molecule has 0 radical (unpaired) electrons.